The molecule has 0 fully saturated rings. The SMILES string of the molecule is CC(C)=NN(C(N)=S)c1cccc(Cl)c1. The Balaban J connectivity index is 3.10. The van der Waals surface area contributed by atoms with E-state index < -0.39 is 0 Å². The minimum absolute atomic E-state index is 0.193. The number of nitrogens with two attached hydrogens (primary N) is 1. The Morgan fingerprint density at radius 2 is 2.13 bits per heavy atom. The number of rotatable bonds is 2. The van der Waals surface area contributed by atoms with Gasteiger partial charge in [0.2, 0.25) is 0 Å². The topological polar surface area (TPSA) is 41.6 Å². The van der Waals surface area contributed by atoms with Crippen LogP contribution < -0.4 is 10.7 Å². The van der Waals surface area contributed by atoms with Gasteiger partial charge < -0.3 is 5.73 Å². The van der Waals surface area contributed by atoms with Crippen molar-refractivity contribution in [2.75, 3.05) is 5.01 Å². The number of thiocarbonyl (C=S) groups is 1. The van der Waals surface area contributed by atoms with Crippen LogP contribution in [0, 0.1) is 0 Å². The van der Waals surface area contributed by atoms with Crippen molar-refractivity contribution in [1.82, 2.24) is 0 Å². The molecule has 0 amide bonds. The van der Waals surface area contributed by atoms with Gasteiger partial charge in [-0.25, -0.2) is 5.01 Å². The third kappa shape index (κ3) is 3.49. The van der Waals surface area contributed by atoms with Gasteiger partial charge in [0, 0.05) is 10.7 Å². The van der Waals surface area contributed by atoms with Gasteiger partial charge in [-0.05, 0) is 44.3 Å². The van der Waals surface area contributed by atoms with E-state index in [1.165, 1.54) is 5.01 Å². The van der Waals surface area contributed by atoms with Crippen molar-refractivity contribution in [1.29, 1.82) is 0 Å². The number of benzene rings is 1. The fraction of sp³-hybridized carbons (Fsp3) is 0.200. The first-order valence-electron chi connectivity index (χ1n) is 4.37. The summed E-state index contributed by atoms with van der Waals surface area (Å²) >= 11 is 10.8. The monoisotopic (exact) mass is 241 g/mol. The number of hydrogen-bond donors (Lipinski definition) is 1. The average molecular weight is 242 g/mol. The van der Waals surface area contributed by atoms with E-state index in [9.17, 15) is 0 Å². The van der Waals surface area contributed by atoms with E-state index in [1.807, 2.05) is 26.0 Å². The van der Waals surface area contributed by atoms with E-state index in [1.54, 1.807) is 12.1 Å². The van der Waals surface area contributed by atoms with Crippen molar-refractivity contribution in [3.8, 4) is 0 Å². The maximum Gasteiger partial charge on any atom is 0.191 e. The molecule has 0 aliphatic carbocycles. The zero-order valence-corrected chi connectivity index (χ0v) is 10.1. The smallest absolute Gasteiger partial charge is 0.191 e. The van der Waals surface area contributed by atoms with Crippen LogP contribution in [0.25, 0.3) is 0 Å². The van der Waals surface area contributed by atoms with Gasteiger partial charge in [0.05, 0.1) is 5.69 Å². The average Bonchev–Trinajstić information content (AvgIpc) is 2.13. The minimum Gasteiger partial charge on any atom is -0.374 e. The lowest BCUT2D eigenvalue weighted by atomic mass is 10.3. The Kier molecular flexibility index (Phi) is 4.05. The summed E-state index contributed by atoms with van der Waals surface area (Å²) in [6.07, 6.45) is 0. The molecule has 1 aromatic carbocycles. The van der Waals surface area contributed by atoms with Gasteiger partial charge in [0.15, 0.2) is 5.11 Å². The van der Waals surface area contributed by atoms with Crippen LogP contribution in [-0.2, 0) is 0 Å². The highest BCUT2D eigenvalue weighted by atomic mass is 35.5. The van der Waals surface area contributed by atoms with Crippen molar-refractivity contribution in [2.24, 2.45) is 10.8 Å². The Labute approximate surface area is 99.5 Å². The molecule has 80 valence electrons. The highest BCUT2D eigenvalue weighted by Gasteiger charge is 2.07. The van der Waals surface area contributed by atoms with Crippen molar-refractivity contribution >= 4 is 40.3 Å². The second-order valence-electron chi connectivity index (χ2n) is 3.18. The molecule has 0 atom stereocenters. The summed E-state index contributed by atoms with van der Waals surface area (Å²) in [5, 5.41) is 6.51. The zero-order chi connectivity index (χ0) is 11.4. The molecule has 0 saturated heterocycles. The molecule has 5 heteroatoms. The third-order valence-corrected chi connectivity index (χ3v) is 1.97. The summed E-state index contributed by atoms with van der Waals surface area (Å²) in [4.78, 5) is 0. The van der Waals surface area contributed by atoms with Crippen LogP contribution in [0.15, 0.2) is 29.4 Å². The molecule has 0 saturated carbocycles. The predicted molar refractivity (Wildman–Crippen MR) is 69.5 cm³/mol. The van der Waals surface area contributed by atoms with Crippen LogP contribution in [-0.4, -0.2) is 10.8 Å². The molecule has 15 heavy (non-hydrogen) atoms. The first-order valence-corrected chi connectivity index (χ1v) is 5.16. The van der Waals surface area contributed by atoms with Gasteiger partial charge in [-0.1, -0.05) is 17.7 Å². The molecule has 1 rings (SSSR count). The van der Waals surface area contributed by atoms with E-state index >= 15 is 0 Å². The second kappa shape index (κ2) is 5.09. The van der Waals surface area contributed by atoms with E-state index in [-0.39, 0.29) is 5.11 Å². The summed E-state index contributed by atoms with van der Waals surface area (Å²) < 4.78 is 0. The van der Waals surface area contributed by atoms with E-state index in [0.717, 1.165) is 11.4 Å². The standard InChI is InChI=1S/C10H12ClN3S/c1-7(2)13-14(10(12)15)9-5-3-4-8(11)6-9/h3-6H,1-2H3,(H2,12,15). The molecule has 0 heterocycles. The summed E-state index contributed by atoms with van der Waals surface area (Å²) in [6, 6.07) is 7.21. The number of halogens is 1. The van der Waals surface area contributed by atoms with Gasteiger partial charge in [-0.3, -0.25) is 0 Å². The third-order valence-electron chi connectivity index (χ3n) is 1.56. The number of nitrogens with zero attached hydrogens (tertiary/aromatic N) is 2. The van der Waals surface area contributed by atoms with Gasteiger partial charge >= 0.3 is 0 Å². The second-order valence-corrected chi connectivity index (χ2v) is 4.03. The van der Waals surface area contributed by atoms with Crippen molar-refractivity contribution in [2.45, 2.75) is 13.8 Å². The summed E-state index contributed by atoms with van der Waals surface area (Å²) in [6.45, 7) is 3.74. The van der Waals surface area contributed by atoms with Crippen molar-refractivity contribution in [3.05, 3.63) is 29.3 Å². The van der Waals surface area contributed by atoms with Crippen molar-refractivity contribution in [3.63, 3.8) is 0 Å². The van der Waals surface area contributed by atoms with E-state index in [2.05, 4.69) is 5.10 Å². The predicted octanol–water partition coefficient (Wildman–Crippen LogP) is 2.79. The Bertz CT molecular complexity index is 399. The lowest BCUT2D eigenvalue weighted by Gasteiger charge is -2.17. The normalized spacial score (nSPS) is 9.53. The quantitative estimate of drug-likeness (QED) is 0.492. The molecule has 0 spiro atoms. The largest absolute Gasteiger partial charge is 0.374 e. The Morgan fingerprint density at radius 1 is 1.47 bits per heavy atom. The van der Waals surface area contributed by atoms with Crippen LogP contribution in [0.2, 0.25) is 5.02 Å². The lowest BCUT2D eigenvalue weighted by molar-refractivity contribution is 1.12. The molecule has 0 aromatic heterocycles. The fourth-order valence-electron chi connectivity index (χ4n) is 1.04. The molecular weight excluding hydrogens is 230 g/mol. The maximum atomic E-state index is 5.87. The minimum atomic E-state index is 0.193. The van der Waals surface area contributed by atoms with Gasteiger partial charge in [-0.2, -0.15) is 5.10 Å². The Hall–Kier alpha value is -1.13. The first kappa shape index (κ1) is 11.9. The highest BCUT2D eigenvalue weighted by Crippen LogP contribution is 2.19. The van der Waals surface area contributed by atoms with Crippen LogP contribution in [0.1, 0.15) is 13.8 Å². The summed E-state index contributed by atoms with van der Waals surface area (Å²) in [5.74, 6) is 0. The van der Waals surface area contributed by atoms with Crippen LogP contribution in [0.5, 0.6) is 0 Å². The maximum absolute atomic E-state index is 5.87. The molecule has 0 bridgehead atoms. The number of anilines is 1. The molecule has 0 aliphatic heterocycles. The zero-order valence-electron chi connectivity index (χ0n) is 8.57. The first-order chi connectivity index (χ1) is 7.00. The van der Waals surface area contributed by atoms with Crippen LogP contribution >= 0.6 is 23.8 Å². The molecular formula is C10H12ClN3S. The van der Waals surface area contributed by atoms with Gasteiger partial charge in [0.1, 0.15) is 0 Å². The van der Waals surface area contributed by atoms with E-state index in [4.69, 9.17) is 29.6 Å². The summed E-state index contributed by atoms with van der Waals surface area (Å²) in [5.41, 5.74) is 7.20. The molecule has 1 aromatic rings. The molecule has 3 nitrogen and oxygen atoms in total. The number of hydrogen-bond acceptors (Lipinski definition) is 2. The molecule has 2 N–H and O–H groups in total. The molecule has 0 radical (unpaired) electrons. The fourth-order valence-corrected chi connectivity index (χ4v) is 1.37. The summed E-state index contributed by atoms with van der Waals surface area (Å²) in [7, 11) is 0. The van der Waals surface area contributed by atoms with Gasteiger partial charge in [0.25, 0.3) is 0 Å². The molecule has 0 aliphatic rings. The van der Waals surface area contributed by atoms with E-state index in [0.29, 0.717) is 5.02 Å². The lowest BCUT2D eigenvalue weighted by Crippen LogP contribution is -2.31. The van der Waals surface area contributed by atoms with Crippen LogP contribution in [0.3, 0.4) is 0 Å². The Morgan fingerprint density at radius 3 is 2.60 bits per heavy atom. The van der Waals surface area contributed by atoms with Gasteiger partial charge in [-0.15, -0.1) is 0 Å². The van der Waals surface area contributed by atoms with Crippen LogP contribution in [0.4, 0.5) is 5.69 Å². The number of hydrazone groups is 1. The van der Waals surface area contributed by atoms with Crippen molar-refractivity contribution < 1.29 is 0 Å². The molecule has 0 unspecified atom stereocenters. The highest BCUT2D eigenvalue weighted by molar-refractivity contribution is 7.80.